The van der Waals surface area contributed by atoms with E-state index in [1.807, 2.05) is 0 Å². The number of rotatable bonds is 4. The Morgan fingerprint density at radius 1 is 1.69 bits per heavy atom. The quantitative estimate of drug-likeness (QED) is 0.603. The summed E-state index contributed by atoms with van der Waals surface area (Å²) in [5.41, 5.74) is 5.21. The number of anilines is 2. The molecular formula is C11H13FN2O2. The number of nitrogens with zero attached hydrogens (tertiary/aromatic N) is 1. The van der Waals surface area contributed by atoms with Crippen molar-refractivity contribution < 1.29 is 14.3 Å². The maximum atomic E-state index is 13.1. The summed E-state index contributed by atoms with van der Waals surface area (Å²) in [5, 5.41) is 8.99. The molecule has 16 heavy (non-hydrogen) atoms. The number of carboxylic acid groups (broad SMARTS) is 1. The largest absolute Gasteiger partial charge is 0.478 e. The van der Waals surface area contributed by atoms with Crippen molar-refractivity contribution >= 4 is 17.3 Å². The fourth-order valence-electron chi connectivity index (χ4n) is 1.42. The summed E-state index contributed by atoms with van der Waals surface area (Å²) >= 11 is 0. The van der Waals surface area contributed by atoms with E-state index in [0.29, 0.717) is 12.2 Å². The van der Waals surface area contributed by atoms with Gasteiger partial charge in [-0.3, -0.25) is 0 Å². The number of aromatic carboxylic acids is 1. The van der Waals surface area contributed by atoms with Crippen molar-refractivity contribution in [2.75, 3.05) is 24.2 Å². The number of likely N-dealkylation sites (N-methyl/N-ethyl adjacent to an activating group) is 1. The summed E-state index contributed by atoms with van der Waals surface area (Å²) in [7, 11) is 1.68. The Balaban J connectivity index is 3.33. The first-order valence-corrected chi connectivity index (χ1v) is 4.62. The highest BCUT2D eigenvalue weighted by Crippen LogP contribution is 2.27. The van der Waals surface area contributed by atoms with Gasteiger partial charge in [0.05, 0.1) is 11.4 Å². The smallest absolute Gasteiger partial charge is 0.340 e. The van der Waals surface area contributed by atoms with Crippen LogP contribution in [0.3, 0.4) is 0 Å². The zero-order valence-electron chi connectivity index (χ0n) is 8.90. The molecule has 1 rings (SSSR count). The predicted molar refractivity (Wildman–Crippen MR) is 61.2 cm³/mol. The first-order chi connectivity index (χ1) is 7.49. The minimum Gasteiger partial charge on any atom is -0.478 e. The molecule has 5 heteroatoms. The summed E-state index contributed by atoms with van der Waals surface area (Å²) < 4.78 is 13.1. The first kappa shape index (κ1) is 12.0. The molecule has 0 amide bonds. The van der Waals surface area contributed by atoms with Crippen LogP contribution in [-0.4, -0.2) is 24.7 Å². The standard InChI is InChI=1S/C11H13FN2O2/c1-3-6-14(2)8-5-4-7(12)10(13)9(8)11(15)16/h3-5H,1,6,13H2,2H3,(H,15,16). The Morgan fingerprint density at radius 2 is 2.31 bits per heavy atom. The molecule has 0 aliphatic carbocycles. The van der Waals surface area contributed by atoms with Crippen LogP contribution < -0.4 is 10.6 Å². The van der Waals surface area contributed by atoms with E-state index in [-0.39, 0.29) is 11.3 Å². The zero-order valence-corrected chi connectivity index (χ0v) is 8.90. The molecule has 0 fully saturated rings. The molecule has 1 aromatic carbocycles. The molecular weight excluding hydrogens is 211 g/mol. The van der Waals surface area contributed by atoms with E-state index in [1.165, 1.54) is 6.07 Å². The van der Waals surface area contributed by atoms with Gasteiger partial charge in [0.1, 0.15) is 11.4 Å². The third kappa shape index (κ3) is 2.13. The van der Waals surface area contributed by atoms with E-state index in [1.54, 1.807) is 18.0 Å². The number of nitrogen functional groups attached to an aromatic ring is 1. The summed E-state index contributed by atoms with van der Waals surface area (Å²) in [6, 6.07) is 2.54. The number of halogens is 1. The van der Waals surface area contributed by atoms with E-state index in [4.69, 9.17) is 10.8 Å². The number of benzene rings is 1. The minimum atomic E-state index is -1.25. The molecule has 0 unspecified atom stereocenters. The van der Waals surface area contributed by atoms with E-state index >= 15 is 0 Å². The van der Waals surface area contributed by atoms with E-state index < -0.39 is 11.8 Å². The molecule has 0 saturated carbocycles. The van der Waals surface area contributed by atoms with Crippen LogP contribution in [0.2, 0.25) is 0 Å². The van der Waals surface area contributed by atoms with E-state index in [9.17, 15) is 9.18 Å². The van der Waals surface area contributed by atoms with Crippen molar-refractivity contribution in [2.24, 2.45) is 0 Å². The van der Waals surface area contributed by atoms with Gasteiger partial charge in [-0.05, 0) is 12.1 Å². The minimum absolute atomic E-state index is 0.218. The Bertz CT molecular complexity index is 432. The van der Waals surface area contributed by atoms with Gasteiger partial charge in [0.15, 0.2) is 0 Å². The van der Waals surface area contributed by atoms with Gasteiger partial charge in [-0.1, -0.05) is 6.08 Å². The van der Waals surface area contributed by atoms with Gasteiger partial charge >= 0.3 is 5.97 Å². The number of carboxylic acids is 1. The van der Waals surface area contributed by atoms with Gasteiger partial charge in [-0.15, -0.1) is 6.58 Å². The lowest BCUT2D eigenvalue weighted by atomic mass is 10.1. The number of carbonyl (C=O) groups is 1. The fraction of sp³-hybridized carbons (Fsp3) is 0.182. The van der Waals surface area contributed by atoms with Crippen LogP contribution in [0.25, 0.3) is 0 Å². The molecule has 0 radical (unpaired) electrons. The predicted octanol–water partition coefficient (Wildman–Crippen LogP) is 1.73. The van der Waals surface area contributed by atoms with Crippen molar-refractivity contribution in [2.45, 2.75) is 0 Å². The third-order valence-corrected chi connectivity index (χ3v) is 2.20. The lowest BCUT2D eigenvalue weighted by Crippen LogP contribution is -2.21. The van der Waals surface area contributed by atoms with Crippen LogP contribution in [0.5, 0.6) is 0 Å². The number of hydrogen-bond donors (Lipinski definition) is 2. The molecule has 0 bridgehead atoms. The summed E-state index contributed by atoms with van der Waals surface area (Å²) in [5.74, 6) is -1.98. The molecule has 0 atom stereocenters. The molecule has 0 aliphatic heterocycles. The number of hydrogen-bond acceptors (Lipinski definition) is 3. The molecule has 0 saturated heterocycles. The average molecular weight is 224 g/mol. The molecule has 1 aromatic rings. The van der Waals surface area contributed by atoms with Gasteiger partial charge in [-0.25, -0.2) is 9.18 Å². The molecule has 0 spiro atoms. The highest BCUT2D eigenvalue weighted by atomic mass is 19.1. The second-order valence-electron chi connectivity index (χ2n) is 3.33. The average Bonchev–Trinajstić information content (AvgIpc) is 2.21. The van der Waals surface area contributed by atoms with Gasteiger partial charge in [0.2, 0.25) is 0 Å². The summed E-state index contributed by atoms with van der Waals surface area (Å²) in [4.78, 5) is 12.6. The SMILES string of the molecule is C=CCN(C)c1ccc(F)c(N)c1C(=O)O. The Hall–Kier alpha value is -2.04. The van der Waals surface area contributed by atoms with Crippen molar-refractivity contribution in [1.29, 1.82) is 0 Å². The van der Waals surface area contributed by atoms with Crippen LogP contribution >= 0.6 is 0 Å². The molecule has 3 N–H and O–H groups in total. The molecule has 0 aliphatic rings. The van der Waals surface area contributed by atoms with Gasteiger partial charge < -0.3 is 15.7 Å². The van der Waals surface area contributed by atoms with Crippen molar-refractivity contribution in [3.8, 4) is 0 Å². The molecule has 86 valence electrons. The van der Waals surface area contributed by atoms with Crippen LogP contribution in [0.1, 0.15) is 10.4 Å². The van der Waals surface area contributed by atoms with Crippen LogP contribution in [0, 0.1) is 5.82 Å². The fourth-order valence-corrected chi connectivity index (χ4v) is 1.42. The van der Waals surface area contributed by atoms with Crippen LogP contribution in [-0.2, 0) is 0 Å². The summed E-state index contributed by atoms with van der Waals surface area (Å²) in [6.07, 6.45) is 1.62. The zero-order chi connectivity index (χ0) is 12.3. The van der Waals surface area contributed by atoms with Crippen molar-refractivity contribution in [3.05, 3.63) is 36.2 Å². The molecule has 4 nitrogen and oxygen atoms in total. The van der Waals surface area contributed by atoms with Gasteiger partial charge in [-0.2, -0.15) is 0 Å². The van der Waals surface area contributed by atoms with E-state index in [2.05, 4.69) is 6.58 Å². The first-order valence-electron chi connectivity index (χ1n) is 4.62. The highest BCUT2D eigenvalue weighted by Gasteiger charge is 2.19. The summed E-state index contributed by atoms with van der Waals surface area (Å²) in [6.45, 7) is 4.00. The maximum Gasteiger partial charge on any atom is 0.340 e. The lowest BCUT2D eigenvalue weighted by Gasteiger charge is -2.20. The maximum absolute atomic E-state index is 13.1. The molecule has 0 aromatic heterocycles. The number of nitrogens with two attached hydrogens (primary N) is 1. The highest BCUT2D eigenvalue weighted by molar-refractivity contribution is 6.00. The van der Waals surface area contributed by atoms with Crippen LogP contribution in [0.15, 0.2) is 24.8 Å². The van der Waals surface area contributed by atoms with E-state index in [0.717, 1.165) is 6.07 Å². The van der Waals surface area contributed by atoms with Crippen molar-refractivity contribution in [1.82, 2.24) is 0 Å². The third-order valence-electron chi connectivity index (χ3n) is 2.20. The second-order valence-corrected chi connectivity index (χ2v) is 3.33. The lowest BCUT2D eigenvalue weighted by molar-refractivity contribution is 0.0698. The van der Waals surface area contributed by atoms with Gasteiger partial charge in [0, 0.05) is 13.6 Å². The van der Waals surface area contributed by atoms with Crippen LogP contribution in [0.4, 0.5) is 15.8 Å². The Labute approximate surface area is 92.8 Å². The second kappa shape index (κ2) is 4.65. The van der Waals surface area contributed by atoms with Crippen molar-refractivity contribution in [3.63, 3.8) is 0 Å². The monoisotopic (exact) mass is 224 g/mol. The normalized spacial score (nSPS) is 9.88. The molecule has 0 heterocycles. The Morgan fingerprint density at radius 3 is 2.81 bits per heavy atom. The van der Waals surface area contributed by atoms with Gasteiger partial charge in [0.25, 0.3) is 0 Å². The topological polar surface area (TPSA) is 66.6 Å². The Kier molecular flexibility index (Phi) is 3.50.